The van der Waals surface area contributed by atoms with Crippen LogP contribution < -0.4 is 10.1 Å². The molecule has 0 bridgehead atoms. The molecule has 1 unspecified atom stereocenters. The second kappa shape index (κ2) is 10.7. The predicted octanol–water partition coefficient (Wildman–Crippen LogP) is 8.09. The minimum Gasteiger partial charge on any atom is -0.494 e. The van der Waals surface area contributed by atoms with Crippen molar-refractivity contribution in [3.63, 3.8) is 0 Å². The van der Waals surface area contributed by atoms with Crippen LogP contribution in [0, 0.1) is 0 Å². The van der Waals surface area contributed by atoms with Crippen LogP contribution in [0.15, 0.2) is 65.1 Å². The second-order valence-corrected chi connectivity index (χ2v) is 8.84. The van der Waals surface area contributed by atoms with Gasteiger partial charge in [-0.3, -0.25) is 4.79 Å². The molecule has 0 saturated carbocycles. The lowest BCUT2D eigenvalue weighted by Crippen LogP contribution is -2.12. The third kappa shape index (κ3) is 5.42. The number of hydrogen-bond donors (Lipinski definition) is 1. The van der Waals surface area contributed by atoms with Crippen LogP contribution in [0.25, 0.3) is 22.6 Å². The summed E-state index contributed by atoms with van der Waals surface area (Å²) in [4.78, 5) is 17.5. The Labute approximate surface area is 205 Å². The van der Waals surface area contributed by atoms with Gasteiger partial charge in [0.2, 0.25) is 5.89 Å². The molecule has 3 aromatic carbocycles. The van der Waals surface area contributed by atoms with E-state index in [9.17, 15) is 4.79 Å². The van der Waals surface area contributed by atoms with Crippen LogP contribution in [0.3, 0.4) is 0 Å². The van der Waals surface area contributed by atoms with Crippen LogP contribution in [0.4, 0.5) is 5.69 Å². The molecule has 0 aliphatic heterocycles. The lowest BCUT2D eigenvalue weighted by atomic mass is 9.98. The van der Waals surface area contributed by atoms with Crippen molar-refractivity contribution < 1.29 is 13.9 Å². The smallest absolute Gasteiger partial charge is 0.255 e. The molecule has 176 valence electrons. The summed E-state index contributed by atoms with van der Waals surface area (Å²) in [5.74, 6) is 1.43. The fraction of sp³-hybridized carbons (Fsp3) is 0.286. The lowest BCUT2D eigenvalue weighted by molar-refractivity contribution is 0.102. The van der Waals surface area contributed by atoms with E-state index in [0.29, 0.717) is 34.7 Å². The van der Waals surface area contributed by atoms with E-state index < -0.39 is 0 Å². The number of carbonyl (C=O) groups excluding carboxylic acids is 1. The molecule has 0 radical (unpaired) electrons. The van der Waals surface area contributed by atoms with Gasteiger partial charge in [-0.15, -0.1) is 0 Å². The molecule has 1 N–H and O–H groups in total. The fourth-order valence-electron chi connectivity index (χ4n) is 3.60. The van der Waals surface area contributed by atoms with Crippen LogP contribution >= 0.6 is 11.6 Å². The molecular weight excluding hydrogens is 448 g/mol. The number of unbranched alkanes of at least 4 members (excludes halogenated alkanes) is 1. The molecule has 1 heterocycles. The highest BCUT2D eigenvalue weighted by molar-refractivity contribution is 6.34. The first-order valence-corrected chi connectivity index (χ1v) is 12.1. The molecule has 0 aliphatic rings. The third-order valence-corrected chi connectivity index (χ3v) is 6.27. The second-order valence-electron chi connectivity index (χ2n) is 8.43. The Balaban J connectivity index is 1.52. The summed E-state index contributed by atoms with van der Waals surface area (Å²) in [5.41, 5.74) is 4.53. The standard InChI is InChI=1S/C28H29ClN2O3/c1-4-6-15-33-22-11-7-19(8-12-22)27(32)30-24-17-21(9-13-23(24)29)28-31-25-16-20(18(3)5-2)10-14-26(25)34-28/h7-14,16-18H,4-6,15H2,1-3H3,(H,30,32). The number of anilines is 1. The maximum atomic E-state index is 12.8. The van der Waals surface area contributed by atoms with Gasteiger partial charge in [-0.05, 0) is 78.9 Å². The van der Waals surface area contributed by atoms with Crippen molar-refractivity contribution in [3.05, 3.63) is 76.8 Å². The fourth-order valence-corrected chi connectivity index (χ4v) is 3.76. The van der Waals surface area contributed by atoms with Gasteiger partial charge in [-0.2, -0.15) is 0 Å². The monoisotopic (exact) mass is 476 g/mol. The number of ether oxygens (including phenoxy) is 1. The number of amides is 1. The highest BCUT2D eigenvalue weighted by Gasteiger charge is 2.14. The first-order valence-electron chi connectivity index (χ1n) is 11.7. The predicted molar refractivity (Wildman–Crippen MR) is 138 cm³/mol. The Morgan fingerprint density at radius 3 is 2.62 bits per heavy atom. The summed E-state index contributed by atoms with van der Waals surface area (Å²) in [6.45, 7) is 7.15. The Morgan fingerprint density at radius 1 is 1.09 bits per heavy atom. The zero-order valence-electron chi connectivity index (χ0n) is 19.7. The van der Waals surface area contributed by atoms with E-state index in [-0.39, 0.29) is 5.91 Å². The number of carbonyl (C=O) groups is 1. The van der Waals surface area contributed by atoms with E-state index in [1.165, 1.54) is 5.56 Å². The quantitative estimate of drug-likeness (QED) is 0.248. The van der Waals surface area contributed by atoms with Gasteiger partial charge < -0.3 is 14.5 Å². The van der Waals surface area contributed by atoms with Gasteiger partial charge >= 0.3 is 0 Å². The highest BCUT2D eigenvalue weighted by atomic mass is 35.5. The number of benzene rings is 3. The van der Waals surface area contributed by atoms with Crippen molar-refractivity contribution in [1.29, 1.82) is 0 Å². The summed E-state index contributed by atoms with van der Waals surface area (Å²) in [6, 6.07) is 18.5. The number of nitrogens with one attached hydrogen (secondary N) is 1. The zero-order valence-corrected chi connectivity index (χ0v) is 20.5. The van der Waals surface area contributed by atoms with E-state index in [1.807, 2.05) is 12.1 Å². The van der Waals surface area contributed by atoms with Crippen molar-refractivity contribution in [1.82, 2.24) is 4.98 Å². The van der Waals surface area contributed by atoms with Crippen molar-refractivity contribution in [2.75, 3.05) is 11.9 Å². The van der Waals surface area contributed by atoms with E-state index in [2.05, 4.69) is 43.2 Å². The Hall–Kier alpha value is -3.31. The number of hydrogen-bond acceptors (Lipinski definition) is 4. The summed E-state index contributed by atoms with van der Waals surface area (Å²) in [6.07, 6.45) is 3.13. The van der Waals surface area contributed by atoms with Gasteiger partial charge in [0, 0.05) is 11.1 Å². The van der Waals surface area contributed by atoms with Crippen molar-refractivity contribution >= 4 is 34.3 Å². The van der Waals surface area contributed by atoms with Crippen molar-refractivity contribution in [2.45, 2.75) is 46.0 Å². The van der Waals surface area contributed by atoms with Crippen LogP contribution in [-0.2, 0) is 0 Å². The summed E-state index contributed by atoms with van der Waals surface area (Å²) < 4.78 is 11.6. The summed E-state index contributed by atoms with van der Waals surface area (Å²) in [5, 5.41) is 3.33. The number of fused-ring (bicyclic) bond motifs is 1. The van der Waals surface area contributed by atoms with Crippen molar-refractivity contribution in [3.8, 4) is 17.2 Å². The number of halogens is 1. The zero-order chi connectivity index (χ0) is 24.1. The van der Waals surface area contributed by atoms with E-state index in [0.717, 1.165) is 41.7 Å². The van der Waals surface area contributed by atoms with Gasteiger partial charge in [0.25, 0.3) is 5.91 Å². The SMILES string of the molecule is CCCCOc1ccc(C(=O)Nc2cc(-c3nc4cc(C(C)CC)ccc4o3)ccc2Cl)cc1. The molecular formula is C28H29ClN2O3. The number of aromatic nitrogens is 1. The average Bonchev–Trinajstić information content (AvgIpc) is 3.29. The maximum absolute atomic E-state index is 12.8. The average molecular weight is 477 g/mol. The molecule has 34 heavy (non-hydrogen) atoms. The number of oxazole rings is 1. The topological polar surface area (TPSA) is 64.4 Å². The van der Waals surface area contributed by atoms with Crippen LogP contribution in [0.2, 0.25) is 5.02 Å². The highest BCUT2D eigenvalue weighted by Crippen LogP contribution is 2.32. The van der Waals surface area contributed by atoms with Gasteiger partial charge in [0.15, 0.2) is 5.58 Å². The molecule has 0 aliphatic carbocycles. The minimum absolute atomic E-state index is 0.255. The van der Waals surface area contributed by atoms with E-state index >= 15 is 0 Å². The third-order valence-electron chi connectivity index (χ3n) is 5.94. The molecule has 0 spiro atoms. The maximum Gasteiger partial charge on any atom is 0.255 e. The molecule has 6 heteroatoms. The van der Waals surface area contributed by atoms with Crippen molar-refractivity contribution in [2.24, 2.45) is 0 Å². The molecule has 5 nitrogen and oxygen atoms in total. The van der Waals surface area contributed by atoms with Gasteiger partial charge in [0.1, 0.15) is 11.3 Å². The molecule has 1 amide bonds. The molecule has 1 atom stereocenters. The largest absolute Gasteiger partial charge is 0.494 e. The van der Waals surface area contributed by atoms with Gasteiger partial charge in [-0.25, -0.2) is 4.98 Å². The Morgan fingerprint density at radius 2 is 1.88 bits per heavy atom. The lowest BCUT2D eigenvalue weighted by Gasteiger charge is -2.10. The molecule has 1 aromatic heterocycles. The van der Waals surface area contributed by atoms with E-state index in [1.54, 1.807) is 36.4 Å². The first-order chi connectivity index (χ1) is 16.5. The molecule has 0 saturated heterocycles. The Bertz CT molecular complexity index is 1280. The van der Waals surface area contributed by atoms with E-state index in [4.69, 9.17) is 20.8 Å². The van der Waals surface area contributed by atoms with Gasteiger partial charge in [0.05, 0.1) is 17.3 Å². The first kappa shape index (κ1) is 23.8. The van der Waals surface area contributed by atoms with Gasteiger partial charge in [-0.1, -0.05) is 44.9 Å². The Kier molecular flexibility index (Phi) is 7.53. The van der Waals surface area contributed by atoms with Crippen LogP contribution in [0.1, 0.15) is 61.9 Å². The van der Waals surface area contributed by atoms with Crippen LogP contribution in [0.5, 0.6) is 5.75 Å². The number of nitrogens with zero attached hydrogens (tertiary/aromatic N) is 1. The summed E-state index contributed by atoms with van der Waals surface area (Å²) >= 11 is 6.38. The molecule has 0 fully saturated rings. The normalized spacial score (nSPS) is 12.0. The minimum atomic E-state index is -0.255. The summed E-state index contributed by atoms with van der Waals surface area (Å²) in [7, 11) is 0. The molecule has 4 rings (SSSR count). The van der Waals surface area contributed by atoms with Crippen LogP contribution in [-0.4, -0.2) is 17.5 Å². The molecule has 4 aromatic rings. The number of rotatable bonds is 9.